The molecule has 1 heterocycles. The highest BCUT2D eigenvalue weighted by atomic mass is 127. The Balaban J connectivity index is 2.97. The highest BCUT2D eigenvalue weighted by Crippen LogP contribution is 2.22. The second-order valence-corrected chi connectivity index (χ2v) is 5.62. The van der Waals surface area contributed by atoms with E-state index in [9.17, 15) is 9.18 Å². The van der Waals surface area contributed by atoms with Gasteiger partial charge in [-0.25, -0.2) is 4.39 Å². The number of fused-ring (bicyclic) bond motifs is 1. The van der Waals surface area contributed by atoms with Crippen LogP contribution >= 0.6 is 22.6 Å². The van der Waals surface area contributed by atoms with Gasteiger partial charge in [-0.1, -0.05) is 13.8 Å². The molecule has 2 aromatic rings. The number of H-pyrrole nitrogens is 1. The number of nitrogens with one attached hydrogen (secondary N) is 1. The van der Waals surface area contributed by atoms with Gasteiger partial charge in [-0.2, -0.15) is 0 Å². The minimum absolute atomic E-state index is 0.0660. The number of halogens is 2. The van der Waals surface area contributed by atoms with E-state index in [4.69, 9.17) is 0 Å². The third kappa shape index (κ3) is 2.10. The van der Waals surface area contributed by atoms with E-state index in [0.29, 0.717) is 5.39 Å². The van der Waals surface area contributed by atoms with Crippen molar-refractivity contribution >= 4 is 33.5 Å². The monoisotopic (exact) mass is 345 g/mol. The Bertz CT molecular complexity index is 646. The number of benzene rings is 1. The zero-order chi connectivity index (χ0) is 12.7. The maximum Gasteiger partial charge on any atom is 0.193 e. The number of hydrogen-bond acceptors (Lipinski definition) is 1. The van der Waals surface area contributed by atoms with Crippen LogP contribution in [0.5, 0.6) is 0 Å². The van der Waals surface area contributed by atoms with Crippen LogP contribution in [0.1, 0.15) is 31.0 Å². The number of rotatable bonds is 1. The van der Waals surface area contributed by atoms with Crippen LogP contribution in [-0.2, 0) is 0 Å². The predicted octanol–water partition coefficient (Wildman–Crippen LogP) is 3.70. The number of aryl methyl sites for hydroxylation is 1. The highest BCUT2D eigenvalue weighted by Gasteiger charge is 2.14. The molecule has 0 bridgehead atoms. The second kappa shape index (κ2) is 4.40. The summed E-state index contributed by atoms with van der Waals surface area (Å²) in [6.07, 6.45) is 0. The van der Waals surface area contributed by atoms with Crippen molar-refractivity contribution in [2.75, 3.05) is 0 Å². The van der Waals surface area contributed by atoms with Gasteiger partial charge >= 0.3 is 0 Å². The molecule has 0 amide bonds. The SMILES string of the molecule is Cc1[nH]c2c(I)cc(F)cc2c(=O)c1C(C)C. The number of aromatic nitrogens is 1. The van der Waals surface area contributed by atoms with Crippen molar-refractivity contribution in [2.45, 2.75) is 26.7 Å². The van der Waals surface area contributed by atoms with Crippen LogP contribution in [0, 0.1) is 16.3 Å². The lowest BCUT2D eigenvalue weighted by atomic mass is 9.99. The van der Waals surface area contributed by atoms with Gasteiger partial charge < -0.3 is 4.98 Å². The van der Waals surface area contributed by atoms with Crippen LogP contribution in [0.25, 0.3) is 10.9 Å². The Kier molecular flexibility index (Phi) is 3.25. The third-order valence-corrected chi connectivity index (χ3v) is 3.69. The van der Waals surface area contributed by atoms with Crippen molar-refractivity contribution in [3.8, 4) is 0 Å². The van der Waals surface area contributed by atoms with E-state index in [1.165, 1.54) is 12.1 Å². The predicted molar refractivity (Wildman–Crippen MR) is 76.1 cm³/mol. The molecule has 4 heteroatoms. The van der Waals surface area contributed by atoms with Gasteiger partial charge in [0.1, 0.15) is 5.82 Å². The van der Waals surface area contributed by atoms with Gasteiger partial charge in [0.25, 0.3) is 0 Å². The highest BCUT2D eigenvalue weighted by molar-refractivity contribution is 14.1. The molecule has 0 aliphatic rings. The average Bonchev–Trinajstić information content (AvgIpc) is 2.19. The summed E-state index contributed by atoms with van der Waals surface area (Å²) in [5, 5.41) is 0.434. The van der Waals surface area contributed by atoms with Gasteiger partial charge in [0.2, 0.25) is 0 Å². The van der Waals surface area contributed by atoms with Gasteiger partial charge in [0, 0.05) is 20.2 Å². The first kappa shape index (κ1) is 12.5. The molecule has 0 fully saturated rings. The minimum atomic E-state index is -0.369. The van der Waals surface area contributed by atoms with Gasteiger partial charge in [-0.05, 0) is 47.6 Å². The zero-order valence-corrected chi connectivity index (χ0v) is 12.1. The fraction of sp³-hybridized carbons (Fsp3) is 0.308. The van der Waals surface area contributed by atoms with E-state index in [1.54, 1.807) is 0 Å². The molecule has 0 saturated carbocycles. The lowest BCUT2D eigenvalue weighted by molar-refractivity contribution is 0.628. The standard InChI is InChI=1S/C13H13FINO/c1-6(2)11-7(3)16-12-9(13(11)17)4-8(14)5-10(12)15/h4-6H,1-3H3,(H,16,17). The molecule has 1 aromatic carbocycles. The number of aromatic amines is 1. The first-order valence-electron chi connectivity index (χ1n) is 5.43. The maximum atomic E-state index is 13.4. The zero-order valence-electron chi connectivity index (χ0n) is 9.90. The first-order valence-corrected chi connectivity index (χ1v) is 6.51. The molecule has 17 heavy (non-hydrogen) atoms. The van der Waals surface area contributed by atoms with Crippen LogP contribution in [-0.4, -0.2) is 4.98 Å². The smallest absolute Gasteiger partial charge is 0.193 e. The summed E-state index contributed by atoms with van der Waals surface area (Å²) < 4.78 is 14.1. The van der Waals surface area contributed by atoms with E-state index in [2.05, 4.69) is 4.98 Å². The van der Waals surface area contributed by atoms with Crippen LogP contribution in [0.4, 0.5) is 4.39 Å². The Hall–Kier alpha value is -0.910. The van der Waals surface area contributed by atoms with Crippen LogP contribution in [0.3, 0.4) is 0 Å². The van der Waals surface area contributed by atoms with Crippen molar-refractivity contribution in [2.24, 2.45) is 0 Å². The molecular weight excluding hydrogens is 332 g/mol. The van der Waals surface area contributed by atoms with Gasteiger partial charge in [0.05, 0.1) is 5.52 Å². The minimum Gasteiger partial charge on any atom is -0.357 e. The largest absolute Gasteiger partial charge is 0.357 e. The molecule has 0 atom stereocenters. The molecule has 0 saturated heterocycles. The summed E-state index contributed by atoms with van der Waals surface area (Å²) in [5.74, 6) is -0.241. The van der Waals surface area contributed by atoms with E-state index in [0.717, 1.165) is 20.3 Å². The maximum absolute atomic E-state index is 13.4. The molecule has 0 spiro atoms. The molecule has 2 nitrogen and oxygen atoms in total. The lowest BCUT2D eigenvalue weighted by Crippen LogP contribution is -2.15. The summed E-state index contributed by atoms with van der Waals surface area (Å²) in [6.45, 7) is 5.82. The van der Waals surface area contributed by atoms with Crippen molar-refractivity contribution < 1.29 is 4.39 Å². The summed E-state index contributed by atoms with van der Waals surface area (Å²) >= 11 is 2.04. The molecule has 90 valence electrons. The Morgan fingerprint density at radius 2 is 2.00 bits per heavy atom. The van der Waals surface area contributed by atoms with Gasteiger partial charge in [-0.3, -0.25) is 4.79 Å². The fourth-order valence-electron chi connectivity index (χ4n) is 2.15. The molecule has 1 N–H and O–H groups in total. The van der Waals surface area contributed by atoms with Crippen LogP contribution in [0.2, 0.25) is 0 Å². The quantitative estimate of drug-likeness (QED) is 0.786. The molecule has 0 radical (unpaired) electrons. The number of pyridine rings is 1. The molecule has 0 unspecified atom stereocenters. The summed E-state index contributed by atoms with van der Waals surface area (Å²) in [5.41, 5.74) is 2.25. The van der Waals surface area contributed by atoms with Crippen molar-refractivity contribution in [3.63, 3.8) is 0 Å². The van der Waals surface area contributed by atoms with Crippen LogP contribution in [0.15, 0.2) is 16.9 Å². The van der Waals surface area contributed by atoms with Crippen LogP contribution < -0.4 is 5.43 Å². The van der Waals surface area contributed by atoms with Crippen molar-refractivity contribution in [3.05, 3.63) is 43.0 Å². The molecular formula is C13H13FINO. The Morgan fingerprint density at radius 3 is 2.59 bits per heavy atom. The third-order valence-electron chi connectivity index (χ3n) is 2.84. The topological polar surface area (TPSA) is 32.9 Å². The molecule has 0 aliphatic carbocycles. The molecule has 2 rings (SSSR count). The molecule has 0 aliphatic heterocycles. The molecule has 1 aromatic heterocycles. The van der Waals surface area contributed by atoms with Crippen molar-refractivity contribution in [1.82, 2.24) is 4.98 Å². The van der Waals surface area contributed by atoms with E-state index < -0.39 is 0 Å². The summed E-state index contributed by atoms with van der Waals surface area (Å²) in [7, 11) is 0. The van der Waals surface area contributed by atoms with E-state index >= 15 is 0 Å². The second-order valence-electron chi connectivity index (χ2n) is 4.46. The van der Waals surface area contributed by atoms with Gasteiger partial charge in [0.15, 0.2) is 5.43 Å². The summed E-state index contributed by atoms with van der Waals surface area (Å²) in [6, 6.07) is 2.73. The van der Waals surface area contributed by atoms with Crippen molar-refractivity contribution in [1.29, 1.82) is 0 Å². The fourth-order valence-corrected chi connectivity index (χ4v) is 2.87. The first-order chi connectivity index (χ1) is 7.91. The Labute approximate surface area is 112 Å². The lowest BCUT2D eigenvalue weighted by Gasteiger charge is -2.11. The Morgan fingerprint density at radius 1 is 1.35 bits per heavy atom. The van der Waals surface area contributed by atoms with E-state index in [1.807, 2.05) is 43.4 Å². The van der Waals surface area contributed by atoms with E-state index in [-0.39, 0.29) is 17.2 Å². The number of hydrogen-bond donors (Lipinski definition) is 1. The normalized spacial score (nSPS) is 11.4. The van der Waals surface area contributed by atoms with Gasteiger partial charge in [-0.15, -0.1) is 0 Å². The summed E-state index contributed by atoms with van der Waals surface area (Å²) in [4.78, 5) is 15.5. The average molecular weight is 345 g/mol.